The van der Waals surface area contributed by atoms with Crippen LogP contribution in [-0.2, 0) is 18.6 Å². The summed E-state index contributed by atoms with van der Waals surface area (Å²) in [5.41, 5.74) is 0.265. The minimum absolute atomic E-state index is 0.105. The van der Waals surface area contributed by atoms with Gasteiger partial charge in [-0.15, -0.1) is 0 Å². The first kappa shape index (κ1) is 17.7. The fourth-order valence-corrected chi connectivity index (χ4v) is 3.34. The lowest BCUT2D eigenvalue weighted by atomic mass is 9.96. The zero-order valence-corrected chi connectivity index (χ0v) is 14.3. The fourth-order valence-electron chi connectivity index (χ4n) is 2.54. The summed E-state index contributed by atoms with van der Waals surface area (Å²) in [7, 11) is 1.42. The molecule has 23 heavy (non-hydrogen) atoms. The summed E-state index contributed by atoms with van der Waals surface area (Å²) < 4.78 is 27.7. The SMILES string of the molecule is CCOC(=O)C1CCN(C(=O)c2cccc(S(=O)(=O)Cl)c2)CC1. The number of amides is 1. The Balaban J connectivity index is 2.04. The van der Waals surface area contributed by atoms with Crippen LogP contribution in [0.15, 0.2) is 29.2 Å². The average molecular weight is 360 g/mol. The molecule has 0 atom stereocenters. The van der Waals surface area contributed by atoms with Gasteiger partial charge in [-0.05, 0) is 38.0 Å². The van der Waals surface area contributed by atoms with Gasteiger partial charge < -0.3 is 9.64 Å². The molecule has 1 aliphatic heterocycles. The second-order valence-corrected chi connectivity index (χ2v) is 7.85. The third-order valence-electron chi connectivity index (χ3n) is 3.76. The van der Waals surface area contributed by atoms with Crippen molar-refractivity contribution in [3.63, 3.8) is 0 Å². The van der Waals surface area contributed by atoms with Gasteiger partial charge >= 0.3 is 5.97 Å². The Kier molecular flexibility index (Phi) is 5.64. The third-order valence-corrected chi connectivity index (χ3v) is 5.12. The van der Waals surface area contributed by atoms with Gasteiger partial charge in [0, 0.05) is 29.3 Å². The first-order chi connectivity index (χ1) is 10.8. The zero-order chi connectivity index (χ0) is 17.0. The van der Waals surface area contributed by atoms with E-state index in [9.17, 15) is 18.0 Å². The number of hydrogen-bond donors (Lipinski definition) is 0. The van der Waals surface area contributed by atoms with Crippen molar-refractivity contribution in [2.24, 2.45) is 5.92 Å². The first-order valence-corrected chi connectivity index (χ1v) is 9.64. The molecule has 8 heteroatoms. The molecule has 0 saturated carbocycles. The maximum Gasteiger partial charge on any atom is 0.309 e. The summed E-state index contributed by atoms with van der Waals surface area (Å²) >= 11 is 0. The molecule has 0 unspecified atom stereocenters. The van der Waals surface area contributed by atoms with E-state index in [1.165, 1.54) is 18.2 Å². The molecule has 0 aliphatic carbocycles. The number of rotatable bonds is 4. The standard InChI is InChI=1S/C15H18ClNO5S/c1-2-22-15(19)11-6-8-17(9-7-11)14(18)12-4-3-5-13(10-12)23(16,20)21/h3-5,10-11H,2,6-9H2,1H3. The van der Waals surface area contributed by atoms with Crippen LogP contribution in [0.2, 0.25) is 0 Å². The lowest BCUT2D eigenvalue weighted by Gasteiger charge is -2.31. The Labute approximate surface area is 139 Å². The Morgan fingerprint density at radius 1 is 1.30 bits per heavy atom. The van der Waals surface area contributed by atoms with Crippen LogP contribution in [0.5, 0.6) is 0 Å². The highest BCUT2D eigenvalue weighted by Crippen LogP contribution is 2.22. The summed E-state index contributed by atoms with van der Waals surface area (Å²) in [6, 6.07) is 5.63. The van der Waals surface area contributed by atoms with Gasteiger partial charge in [0.1, 0.15) is 0 Å². The largest absolute Gasteiger partial charge is 0.466 e. The van der Waals surface area contributed by atoms with Crippen molar-refractivity contribution in [3.05, 3.63) is 29.8 Å². The van der Waals surface area contributed by atoms with Crippen molar-refractivity contribution in [1.82, 2.24) is 4.90 Å². The lowest BCUT2D eigenvalue weighted by molar-refractivity contribution is -0.149. The van der Waals surface area contributed by atoms with Crippen molar-refractivity contribution in [2.75, 3.05) is 19.7 Å². The molecular weight excluding hydrogens is 342 g/mol. The number of piperidine rings is 1. The molecule has 0 radical (unpaired) electrons. The molecule has 1 aromatic carbocycles. The lowest BCUT2D eigenvalue weighted by Crippen LogP contribution is -2.40. The molecule has 1 aromatic rings. The first-order valence-electron chi connectivity index (χ1n) is 7.33. The molecule has 1 heterocycles. The third kappa shape index (κ3) is 4.45. The van der Waals surface area contributed by atoms with Gasteiger partial charge in [-0.1, -0.05) is 6.07 Å². The van der Waals surface area contributed by atoms with Crippen molar-refractivity contribution in [2.45, 2.75) is 24.7 Å². The van der Waals surface area contributed by atoms with Crippen LogP contribution in [0.1, 0.15) is 30.1 Å². The van der Waals surface area contributed by atoms with E-state index in [-0.39, 0.29) is 28.3 Å². The van der Waals surface area contributed by atoms with E-state index in [1.54, 1.807) is 17.9 Å². The van der Waals surface area contributed by atoms with E-state index in [4.69, 9.17) is 15.4 Å². The molecule has 1 fully saturated rings. The summed E-state index contributed by atoms with van der Waals surface area (Å²) in [5.74, 6) is -0.683. The van der Waals surface area contributed by atoms with Crippen LogP contribution in [0, 0.1) is 5.92 Å². The predicted molar refractivity (Wildman–Crippen MR) is 84.7 cm³/mol. The molecule has 0 bridgehead atoms. The van der Waals surface area contributed by atoms with Gasteiger partial charge in [0.15, 0.2) is 0 Å². The van der Waals surface area contributed by atoms with Gasteiger partial charge in [-0.25, -0.2) is 8.42 Å². The highest BCUT2D eigenvalue weighted by molar-refractivity contribution is 8.13. The van der Waals surface area contributed by atoms with Crippen molar-refractivity contribution in [1.29, 1.82) is 0 Å². The number of benzene rings is 1. The molecule has 6 nitrogen and oxygen atoms in total. The number of halogens is 1. The second-order valence-electron chi connectivity index (χ2n) is 5.28. The van der Waals surface area contributed by atoms with Gasteiger partial charge in [0.25, 0.3) is 15.0 Å². The number of hydrogen-bond acceptors (Lipinski definition) is 5. The van der Waals surface area contributed by atoms with Gasteiger partial charge in [0.2, 0.25) is 0 Å². The van der Waals surface area contributed by atoms with E-state index in [2.05, 4.69) is 0 Å². The highest BCUT2D eigenvalue weighted by Gasteiger charge is 2.28. The summed E-state index contributed by atoms with van der Waals surface area (Å²) in [6.45, 7) is 2.96. The van der Waals surface area contributed by atoms with Gasteiger partial charge in [-0.2, -0.15) is 0 Å². The quantitative estimate of drug-likeness (QED) is 0.607. The summed E-state index contributed by atoms with van der Waals surface area (Å²) in [6.07, 6.45) is 1.08. The Morgan fingerprint density at radius 3 is 2.52 bits per heavy atom. The monoisotopic (exact) mass is 359 g/mol. The molecule has 126 valence electrons. The van der Waals surface area contributed by atoms with Crippen molar-refractivity contribution in [3.8, 4) is 0 Å². The molecule has 1 aliphatic rings. The van der Waals surface area contributed by atoms with Crippen molar-refractivity contribution < 1.29 is 22.7 Å². The summed E-state index contributed by atoms with van der Waals surface area (Å²) in [4.78, 5) is 25.6. The van der Waals surface area contributed by atoms with Crippen molar-refractivity contribution >= 4 is 31.6 Å². The van der Waals surface area contributed by atoms with E-state index >= 15 is 0 Å². The smallest absolute Gasteiger partial charge is 0.309 e. The van der Waals surface area contributed by atoms with Crippen LogP contribution >= 0.6 is 10.7 Å². The van der Waals surface area contributed by atoms with Crippen LogP contribution in [-0.4, -0.2) is 44.9 Å². The van der Waals surface area contributed by atoms with Crippen LogP contribution < -0.4 is 0 Å². The van der Waals surface area contributed by atoms with Crippen LogP contribution in [0.3, 0.4) is 0 Å². The molecule has 1 amide bonds. The maximum atomic E-state index is 12.5. The number of carbonyl (C=O) groups is 2. The van der Waals surface area contributed by atoms with E-state index in [1.807, 2.05) is 0 Å². The molecule has 0 N–H and O–H groups in total. The number of ether oxygens (including phenoxy) is 1. The maximum absolute atomic E-state index is 12.5. The van der Waals surface area contributed by atoms with Gasteiger partial charge in [-0.3, -0.25) is 9.59 Å². The van der Waals surface area contributed by atoms with Crippen LogP contribution in [0.25, 0.3) is 0 Å². The Hall–Kier alpha value is -1.60. The van der Waals surface area contributed by atoms with Crippen LogP contribution in [0.4, 0.5) is 0 Å². The Morgan fingerprint density at radius 2 is 1.96 bits per heavy atom. The minimum Gasteiger partial charge on any atom is -0.466 e. The molecule has 0 spiro atoms. The highest BCUT2D eigenvalue weighted by atomic mass is 35.7. The molecule has 2 rings (SSSR count). The second kappa shape index (κ2) is 7.31. The average Bonchev–Trinajstić information content (AvgIpc) is 2.54. The minimum atomic E-state index is -3.88. The fraction of sp³-hybridized carbons (Fsp3) is 0.467. The number of esters is 1. The molecular formula is C15H18ClNO5S. The molecule has 0 aromatic heterocycles. The number of carbonyl (C=O) groups excluding carboxylic acids is 2. The number of likely N-dealkylation sites (tertiary alicyclic amines) is 1. The Bertz CT molecular complexity index is 696. The van der Waals surface area contributed by atoms with E-state index < -0.39 is 9.05 Å². The molecule has 1 saturated heterocycles. The zero-order valence-electron chi connectivity index (χ0n) is 12.7. The predicted octanol–water partition coefficient (Wildman–Crippen LogP) is 2.03. The topological polar surface area (TPSA) is 80.8 Å². The number of nitrogens with zero attached hydrogens (tertiary/aromatic N) is 1. The van der Waals surface area contributed by atoms with E-state index in [0.717, 1.165) is 0 Å². The normalized spacial score (nSPS) is 16.2. The van der Waals surface area contributed by atoms with Gasteiger partial charge in [0.05, 0.1) is 17.4 Å². The summed E-state index contributed by atoms with van der Waals surface area (Å²) in [5, 5.41) is 0. The van der Waals surface area contributed by atoms with E-state index in [0.29, 0.717) is 32.5 Å².